The number of hydrogen-bond acceptors (Lipinski definition) is 3. The van der Waals surface area contributed by atoms with Crippen LogP contribution >= 0.6 is 27.3 Å². The lowest BCUT2D eigenvalue weighted by atomic mass is 10.2. The molecule has 1 aromatic carbocycles. The van der Waals surface area contributed by atoms with Gasteiger partial charge in [0.2, 0.25) is 0 Å². The van der Waals surface area contributed by atoms with E-state index in [1.807, 2.05) is 6.92 Å². The molecule has 18 heavy (non-hydrogen) atoms. The van der Waals surface area contributed by atoms with E-state index in [-0.39, 0.29) is 0 Å². The van der Waals surface area contributed by atoms with Gasteiger partial charge in [0.1, 0.15) is 5.75 Å². The monoisotopic (exact) mass is 325 g/mol. The lowest BCUT2D eigenvalue weighted by molar-refractivity contribution is 0.341. The van der Waals surface area contributed by atoms with Crippen LogP contribution in [0.5, 0.6) is 5.75 Å². The summed E-state index contributed by atoms with van der Waals surface area (Å²) in [4.78, 5) is 1.29. The smallest absolute Gasteiger partial charge is 0.142 e. The van der Waals surface area contributed by atoms with Crippen LogP contribution in [-0.2, 0) is 6.54 Å². The topological polar surface area (TPSA) is 21.3 Å². The van der Waals surface area contributed by atoms with E-state index in [0.29, 0.717) is 6.61 Å². The van der Waals surface area contributed by atoms with Gasteiger partial charge in [0.15, 0.2) is 0 Å². The summed E-state index contributed by atoms with van der Waals surface area (Å²) < 4.78 is 6.80. The van der Waals surface area contributed by atoms with Gasteiger partial charge >= 0.3 is 0 Å². The molecule has 1 aromatic heterocycles. The second-order valence-electron chi connectivity index (χ2n) is 3.98. The van der Waals surface area contributed by atoms with E-state index in [0.717, 1.165) is 22.5 Å². The number of nitrogens with one attached hydrogen (secondary N) is 1. The van der Waals surface area contributed by atoms with Crippen LogP contribution in [0, 0.1) is 6.92 Å². The molecular weight excluding hydrogens is 310 g/mol. The zero-order valence-corrected chi connectivity index (χ0v) is 12.9. The predicted molar refractivity (Wildman–Crippen MR) is 81.7 cm³/mol. The minimum atomic E-state index is 0.681. The molecule has 0 amide bonds. The lowest BCUT2D eigenvalue weighted by Gasteiger charge is -2.12. The first-order valence-corrected chi connectivity index (χ1v) is 7.57. The van der Waals surface area contributed by atoms with E-state index in [4.69, 9.17) is 4.74 Å². The summed E-state index contributed by atoms with van der Waals surface area (Å²) in [5.74, 6) is 0.921. The maximum atomic E-state index is 5.65. The number of halogens is 1. The Hall–Kier alpha value is -1.00. The molecule has 0 aliphatic heterocycles. The average molecular weight is 326 g/mol. The molecule has 96 valence electrons. The highest BCUT2D eigenvalue weighted by Gasteiger charge is 2.05. The Bertz CT molecular complexity index is 524. The van der Waals surface area contributed by atoms with Gasteiger partial charge in [-0.3, -0.25) is 0 Å². The van der Waals surface area contributed by atoms with Crippen molar-refractivity contribution < 1.29 is 4.74 Å². The van der Waals surface area contributed by atoms with Gasteiger partial charge in [-0.05, 0) is 58.9 Å². The van der Waals surface area contributed by atoms with Crippen LogP contribution in [0.1, 0.15) is 17.4 Å². The summed E-state index contributed by atoms with van der Waals surface area (Å²) in [6.45, 7) is 5.56. The number of benzene rings is 1. The number of hydrogen-bond donors (Lipinski definition) is 1. The molecule has 4 heteroatoms. The van der Waals surface area contributed by atoms with E-state index >= 15 is 0 Å². The van der Waals surface area contributed by atoms with Crippen LogP contribution in [0.2, 0.25) is 0 Å². The third kappa shape index (κ3) is 3.27. The fraction of sp³-hybridized carbons (Fsp3) is 0.286. The number of ether oxygens (including phenoxy) is 1. The maximum absolute atomic E-state index is 5.65. The van der Waals surface area contributed by atoms with Crippen LogP contribution < -0.4 is 10.1 Å². The van der Waals surface area contributed by atoms with E-state index in [9.17, 15) is 0 Å². The van der Waals surface area contributed by atoms with Gasteiger partial charge in [0.05, 0.1) is 18.8 Å². The molecule has 0 saturated carbocycles. The Kier molecular flexibility index (Phi) is 4.66. The molecule has 0 saturated heterocycles. The zero-order valence-electron chi connectivity index (χ0n) is 10.5. The fourth-order valence-electron chi connectivity index (χ4n) is 1.68. The first kappa shape index (κ1) is 13.4. The van der Waals surface area contributed by atoms with Crippen LogP contribution in [0.3, 0.4) is 0 Å². The summed E-state index contributed by atoms with van der Waals surface area (Å²) in [5, 5.41) is 5.51. The molecule has 0 unspecified atom stereocenters. The highest BCUT2D eigenvalue weighted by atomic mass is 79.9. The quantitative estimate of drug-likeness (QED) is 0.850. The number of anilines is 1. The Balaban J connectivity index is 2.11. The van der Waals surface area contributed by atoms with Gasteiger partial charge in [-0.15, -0.1) is 11.3 Å². The molecule has 0 fully saturated rings. The summed E-state index contributed by atoms with van der Waals surface area (Å²) in [6.07, 6.45) is 0. The van der Waals surface area contributed by atoms with Crippen molar-refractivity contribution in [3.63, 3.8) is 0 Å². The summed E-state index contributed by atoms with van der Waals surface area (Å²) in [6, 6.07) is 8.30. The third-order valence-electron chi connectivity index (χ3n) is 2.57. The van der Waals surface area contributed by atoms with Crippen LogP contribution in [0.15, 0.2) is 34.1 Å². The second kappa shape index (κ2) is 6.25. The van der Waals surface area contributed by atoms with Crippen molar-refractivity contribution >= 4 is 33.0 Å². The molecule has 0 bridgehead atoms. The number of aryl methyl sites for hydroxylation is 1. The Morgan fingerprint density at radius 1 is 1.33 bits per heavy atom. The minimum Gasteiger partial charge on any atom is -0.492 e. The van der Waals surface area contributed by atoms with Gasteiger partial charge < -0.3 is 10.1 Å². The molecule has 0 aliphatic carbocycles. The van der Waals surface area contributed by atoms with Crippen molar-refractivity contribution in [2.45, 2.75) is 20.4 Å². The second-order valence-corrected chi connectivity index (χ2v) is 5.83. The molecule has 0 atom stereocenters. The van der Waals surface area contributed by atoms with Gasteiger partial charge in [-0.2, -0.15) is 0 Å². The van der Waals surface area contributed by atoms with Crippen LogP contribution in [-0.4, -0.2) is 6.61 Å². The molecule has 1 N–H and O–H groups in total. The maximum Gasteiger partial charge on any atom is 0.142 e. The summed E-state index contributed by atoms with van der Waals surface area (Å²) in [5.41, 5.74) is 2.25. The Morgan fingerprint density at radius 2 is 2.17 bits per heavy atom. The molecule has 0 spiro atoms. The van der Waals surface area contributed by atoms with Crippen molar-refractivity contribution in [1.29, 1.82) is 0 Å². The van der Waals surface area contributed by atoms with Gasteiger partial charge in [-0.25, -0.2) is 0 Å². The van der Waals surface area contributed by atoms with Crippen molar-refractivity contribution in [3.8, 4) is 5.75 Å². The minimum absolute atomic E-state index is 0.681. The first-order chi connectivity index (χ1) is 8.70. The SMILES string of the molecule is CCOc1cc(C)ccc1NCc1sccc1Br. The third-order valence-corrected chi connectivity index (χ3v) is 4.49. The van der Waals surface area contributed by atoms with Crippen molar-refractivity contribution in [3.05, 3.63) is 44.6 Å². The first-order valence-electron chi connectivity index (χ1n) is 5.90. The normalized spacial score (nSPS) is 10.4. The lowest BCUT2D eigenvalue weighted by Crippen LogP contribution is -2.02. The van der Waals surface area contributed by atoms with E-state index in [1.54, 1.807) is 11.3 Å². The number of rotatable bonds is 5. The Morgan fingerprint density at radius 3 is 2.83 bits per heavy atom. The molecule has 2 aromatic rings. The number of thiophene rings is 1. The largest absolute Gasteiger partial charge is 0.492 e. The van der Waals surface area contributed by atoms with Crippen molar-refractivity contribution in [2.24, 2.45) is 0 Å². The molecule has 0 aliphatic rings. The highest BCUT2D eigenvalue weighted by molar-refractivity contribution is 9.10. The molecule has 1 heterocycles. The van der Waals surface area contributed by atoms with Gasteiger partial charge in [0.25, 0.3) is 0 Å². The van der Waals surface area contributed by atoms with Crippen molar-refractivity contribution in [1.82, 2.24) is 0 Å². The van der Waals surface area contributed by atoms with Gasteiger partial charge in [-0.1, -0.05) is 6.07 Å². The van der Waals surface area contributed by atoms with E-state index in [1.165, 1.54) is 10.4 Å². The van der Waals surface area contributed by atoms with Gasteiger partial charge in [0, 0.05) is 9.35 Å². The van der Waals surface area contributed by atoms with Crippen LogP contribution in [0.25, 0.3) is 0 Å². The Labute approximate surface area is 120 Å². The molecule has 0 radical (unpaired) electrons. The highest BCUT2D eigenvalue weighted by Crippen LogP contribution is 2.28. The predicted octanol–water partition coefficient (Wildman–Crippen LogP) is 4.83. The summed E-state index contributed by atoms with van der Waals surface area (Å²) in [7, 11) is 0. The standard InChI is InChI=1S/C14H16BrNOS/c1-3-17-13-8-10(2)4-5-12(13)16-9-14-11(15)6-7-18-14/h4-8,16H,3,9H2,1-2H3. The van der Waals surface area contributed by atoms with E-state index in [2.05, 4.69) is 57.8 Å². The van der Waals surface area contributed by atoms with Crippen molar-refractivity contribution in [2.75, 3.05) is 11.9 Å². The summed E-state index contributed by atoms with van der Waals surface area (Å²) >= 11 is 5.28. The fourth-order valence-corrected chi connectivity index (χ4v) is 3.11. The molecule has 2 nitrogen and oxygen atoms in total. The average Bonchev–Trinajstić information content (AvgIpc) is 2.74. The molecule has 2 rings (SSSR count). The van der Waals surface area contributed by atoms with Crippen LogP contribution in [0.4, 0.5) is 5.69 Å². The molecular formula is C14H16BrNOS. The van der Waals surface area contributed by atoms with E-state index < -0.39 is 0 Å². The zero-order chi connectivity index (χ0) is 13.0.